The smallest absolute Gasteiger partial charge is 0.322 e. The predicted octanol–water partition coefficient (Wildman–Crippen LogP) is 4.91. The van der Waals surface area contributed by atoms with Crippen molar-refractivity contribution in [2.45, 2.75) is 19.5 Å². The maximum absolute atomic E-state index is 12.8. The number of ether oxygens (including phenoxy) is 1. The largest absolute Gasteiger partial charge is 0.497 e. The molecule has 6 rings (SSSR count). The van der Waals surface area contributed by atoms with Crippen LogP contribution in [0.3, 0.4) is 0 Å². The van der Waals surface area contributed by atoms with E-state index in [4.69, 9.17) is 4.74 Å². The first-order chi connectivity index (χ1) is 17.1. The van der Waals surface area contributed by atoms with Gasteiger partial charge in [-0.3, -0.25) is 10.2 Å². The summed E-state index contributed by atoms with van der Waals surface area (Å²) in [7, 11) is 3.89. The Balaban J connectivity index is 0.00000160. The number of carbonyl (C=O) groups excluding carboxylic acids is 1. The Morgan fingerprint density at radius 2 is 1.78 bits per heavy atom. The van der Waals surface area contributed by atoms with Crippen LogP contribution in [0.25, 0.3) is 10.8 Å². The van der Waals surface area contributed by atoms with Crippen LogP contribution in [0.4, 0.5) is 15.5 Å². The molecular formula is C27H35Cl2N5O2S. The number of benzene rings is 2. The number of nitrogens with one attached hydrogen (secondary N) is 1. The molecular weight excluding hydrogens is 529 g/mol. The van der Waals surface area contributed by atoms with Gasteiger partial charge in [0.2, 0.25) is 0 Å². The van der Waals surface area contributed by atoms with Crippen molar-refractivity contribution in [1.82, 2.24) is 14.7 Å². The van der Waals surface area contributed by atoms with Gasteiger partial charge in [-0.2, -0.15) is 0 Å². The molecule has 1 saturated heterocycles. The maximum atomic E-state index is 12.8. The quantitative estimate of drug-likeness (QED) is 0.478. The average molecular weight is 565 g/mol. The van der Waals surface area contributed by atoms with E-state index in [9.17, 15) is 4.79 Å². The molecule has 2 amide bonds. The Bertz CT molecular complexity index is 1260. The SMILES string of the molecule is COc1ccc2cccc(N3CCN(CCN4Cc5c(sc6c5CCN(C)C6)NC4=O)CC3)c2c1.Cl.Cl. The molecule has 0 bridgehead atoms. The summed E-state index contributed by atoms with van der Waals surface area (Å²) in [5.74, 6) is 0.894. The summed E-state index contributed by atoms with van der Waals surface area (Å²) in [5, 5.41) is 6.73. The fourth-order valence-electron chi connectivity index (χ4n) is 5.60. The van der Waals surface area contributed by atoms with Crippen LogP contribution in [-0.4, -0.2) is 80.7 Å². The van der Waals surface area contributed by atoms with Gasteiger partial charge in [-0.05, 0) is 42.6 Å². The fourth-order valence-corrected chi connectivity index (χ4v) is 6.93. The molecule has 2 aromatic carbocycles. The number of amides is 2. The number of rotatable bonds is 5. The molecule has 0 atom stereocenters. The summed E-state index contributed by atoms with van der Waals surface area (Å²) in [6.45, 7) is 8.48. The van der Waals surface area contributed by atoms with E-state index in [1.807, 2.05) is 11.0 Å². The molecule has 0 aliphatic carbocycles. The van der Waals surface area contributed by atoms with E-state index in [-0.39, 0.29) is 30.8 Å². The van der Waals surface area contributed by atoms with E-state index >= 15 is 0 Å². The number of anilines is 2. The minimum absolute atomic E-state index is 0. The van der Waals surface area contributed by atoms with Crippen LogP contribution in [0.2, 0.25) is 0 Å². The van der Waals surface area contributed by atoms with E-state index in [2.05, 4.69) is 57.4 Å². The zero-order valence-electron chi connectivity index (χ0n) is 21.4. The van der Waals surface area contributed by atoms with Gasteiger partial charge in [-0.1, -0.05) is 18.2 Å². The zero-order chi connectivity index (χ0) is 23.9. The molecule has 10 heteroatoms. The molecule has 3 aliphatic rings. The first-order valence-corrected chi connectivity index (χ1v) is 13.3. The zero-order valence-corrected chi connectivity index (χ0v) is 23.8. The fraction of sp³-hybridized carbons (Fsp3) is 0.444. The number of likely N-dealkylation sites (N-methyl/N-ethyl adjacent to an activating group) is 1. The van der Waals surface area contributed by atoms with Crippen molar-refractivity contribution in [3.8, 4) is 5.75 Å². The standard InChI is InChI=1S/C27H33N5O2S.2ClH/c1-29-9-8-21-23-17-32(27(33)28-26(23)35-25(21)18-29)15-12-30-10-13-31(14-11-30)24-5-3-4-19-6-7-20(34-2)16-22(19)24;;/h3-7,16H,8-15,17-18H2,1-2H3,(H,28,33);2*1H. The van der Waals surface area contributed by atoms with E-state index in [0.29, 0.717) is 0 Å². The third-order valence-corrected chi connectivity index (χ3v) is 8.85. The summed E-state index contributed by atoms with van der Waals surface area (Å²) in [6, 6.07) is 12.9. The lowest BCUT2D eigenvalue weighted by Crippen LogP contribution is -2.49. The van der Waals surface area contributed by atoms with Crippen LogP contribution in [0.5, 0.6) is 5.75 Å². The number of fused-ring (bicyclic) bond motifs is 4. The molecule has 1 fully saturated rings. The molecule has 3 aliphatic heterocycles. The van der Waals surface area contributed by atoms with Crippen molar-refractivity contribution >= 4 is 63.6 Å². The number of methoxy groups -OCH3 is 1. The van der Waals surface area contributed by atoms with Crippen LogP contribution < -0.4 is 15.0 Å². The van der Waals surface area contributed by atoms with Crippen LogP contribution in [0.1, 0.15) is 16.0 Å². The Labute approximate surface area is 235 Å². The normalized spacial score (nSPS) is 17.9. The van der Waals surface area contributed by atoms with Gasteiger partial charge in [0.15, 0.2) is 0 Å². The molecule has 0 spiro atoms. The van der Waals surface area contributed by atoms with Crippen molar-refractivity contribution in [1.29, 1.82) is 0 Å². The lowest BCUT2D eigenvalue weighted by Gasteiger charge is -2.38. The summed E-state index contributed by atoms with van der Waals surface area (Å²) < 4.78 is 5.47. The average Bonchev–Trinajstić information content (AvgIpc) is 3.22. The first kappa shape index (κ1) is 27.8. The minimum Gasteiger partial charge on any atom is -0.497 e. The van der Waals surface area contributed by atoms with Gasteiger partial charge < -0.3 is 19.4 Å². The third-order valence-electron chi connectivity index (χ3n) is 7.68. The number of nitrogens with zero attached hydrogens (tertiary/aromatic N) is 4. The number of thiophene rings is 1. The molecule has 3 aromatic rings. The number of hydrogen-bond acceptors (Lipinski definition) is 6. The third kappa shape index (κ3) is 5.49. The van der Waals surface area contributed by atoms with Gasteiger partial charge in [0.1, 0.15) is 10.8 Å². The highest BCUT2D eigenvalue weighted by molar-refractivity contribution is 7.16. The molecule has 1 N–H and O–H groups in total. The Kier molecular flexibility index (Phi) is 8.76. The molecule has 37 heavy (non-hydrogen) atoms. The molecule has 0 radical (unpaired) electrons. The summed E-state index contributed by atoms with van der Waals surface area (Å²) in [4.78, 5) is 23.5. The summed E-state index contributed by atoms with van der Waals surface area (Å²) in [6.07, 6.45) is 1.09. The second kappa shape index (κ2) is 11.7. The van der Waals surface area contributed by atoms with Gasteiger partial charge in [-0.25, -0.2) is 4.79 Å². The van der Waals surface area contributed by atoms with Gasteiger partial charge in [-0.15, -0.1) is 36.2 Å². The lowest BCUT2D eigenvalue weighted by atomic mass is 10.0. The maximum Gasteiger partial charge on any atom is 0.322 e. The monoisotopic (exact) mass is 563 g/mol. The number of urea groups is 1. The summed E-state index contributed by atoms with van der Waals surface area (Å²) >= 11 is 1.77. The number of carbonyl (C=O) groups is 1. The van der Waals surface area contributed by atoms with Crippen molar-refractivity contribution in [2.75, 3.05) is 70.2 Å². The van der Waals surface area contributed by atoms with Crippen molar-refractivity contribution in [3.05, 3.63) is 52.4 Å². The van der Waals surface area contributed by atoms with E-state index in [1.165, 1.54) is 32.5 Å². The predicted molar refractivity (Wildman–Crippen MR) is 157 cm³/mol. The van der Waals surface area contributed by atoms with Crippen molar-refractivity contribution < 1.29 is 9.53 Å². The highest BCUT2D eigenvalue weighted by atomic mass is 35.5. The lowest BCUT2D eigenvalue weighted by molar-refractivity contribution is 0.184. The molecule has 200 valence electrons. The van der Waals surface area contributed by atoms with Gasteiger partial charge >= 0.3 is 6.03 Å². The van der Waals surface area contributed by atoms with Crippen LogP contribution in [0.15, 0.2) is 36.4 Å². The molecule has 0 saturated carbocycles. The van der Waals surface area contributed by atoms with Gasteiger partial charge in [0, 0.05) is 73.9 Å². The first-order valence-electron chi connectivity index (χ1n) is 12.5. The van der Waals surface area contributed by atoms with Crippen molar-refractivity contribution in [3.63, 3.8) is 0 Å². The van der Waals surface area contributed by atoms with E-state index in [1.54, 1.807) is 18.4 Å². The Morgan fingerprint density at radius 1 is 0.973 bits per heavy atom. The molecule has 4 heterocycles. The number of piperazine rings is 1. The highest BCUT2D eigenvalue weighted by Crippen LogP contribution is 2.39. The van der Waals surface area contributed by atoms with Crippen LogP contribution in [0, 0.1) is 0 Å². The summed E-state index contributed by atoms with van der Waals surface area (Å²) in [5.41, 5.74) is 4.11. The number of hydrogen-bond donors (Lipinski definition) is 1. The van der Waals surface area contributed by atoms with Crippen LogP contribution in [-0.2, 0) is 19.5 Å². The topological polar surface area (TPSA) is 51.3 Å². The van der Waals surface area contributed by atoms with Gasteiger partial charge in [0.25, 0.3) is 0 Å². The second-order valence-corrected chi connectivity index (χ2v) is 10.9. The second-order valence-electron chi connectivity index (χ2n) is 9.84. The molecule has 1 aromatic heterocycles. The Hall–Kier alpha value is -2.23. The van der Waals surface area contributed by atoms with Crippen LogP contribution >= 0.6 is 36.2 Å². The van der Waals surface area contributed by atoms with Gasteiger partial charge in [0.05, 0.1) is 13.7 Å². The van der Waals surface area contributed by atoms with Crippen molar-refractivity contribution in [2.24, 2.45) is 0 Å². The molecule has 7 nitrogen and oxygen atoms in total. The minimum atomic E-state index is 0. The highest BCUT2D eigenvalue weighted by Gasteiger charge is 2.31. The van der Waals surface area contributed by atoms with E-state index < -0.39 is 0 Å². The Morgan fingerprint density at radius 3 is 2.57 bits per heavy atom. The van der Waals surface area contributed by atoms with E-state index in [0.717, 1.165) is 76.1 Å². The number of halogens is 2. The molecule has 0 unspecified atom stereocenters.